The van der Waals surface area contributed by atoms with Gasteiger partial charge in [0.1, 0.15) is 17.2 Å². The van der Waals surface area contributed by atoms with Gasteiger partial charge in [-0.05, 0) is 43.9 Å². The molecule has 21 heavy (non-hydrogen) atoms. The van der Waals surface area contributed by atoms with Crippen molar-refractivity contribution < 1.29 is 18.7 Å². The highest BCUT2D eigenvalue weighted by atomic mass is 19.1. The van der Waals surface area contributed by atoms with Crippen molar-refractivity contribution in [3.63, 3.8) is 0 Å². The number of benzene rings is 1. The quantitative estimate of drug-likeness (QED) is 0.928. The Kier molecular flexibility index (Phi) is 4.61. The van der Waals surface area contributed by atoms with Gasteiger partial charge < -0.3 is 5.11 Å². The Balaban J connectivity index is 2.27. The number of carboxylic acids is 1. The van der Waals surface area contributed by atoms with Crippen LogP contribution in [0.2, 0.25) is 0 Å². The molecule has 0 spiro atoms. The molecule has 3 nitrogen and oxygen atoms in total. The Labute approximate surface area is 123 Å². The first-order valence-electron chi connectivity index (χ1n) is 7.25. The summed E-state index contributed by atoms with van der Waals surface area (Å²) < 4.78 is 26.8. The molecular formula is C16H21F2NO2. The van der Waals surface area contributed by atoms with Crippen molar-refractivity contribution in [2.45, 2.75) is 38.6 Å². The molecule has 0 aromatic heterocycles. The number of nitrogens with zero attached hydrogens (tertiary/aromatic N) is 1. The fourth-order valence-electron chi connectivity index (χ4n) is 3.00. The van der Waals surface area contributed by atoms with Gasteiger partial charge in [0.15, 0.2) is 0 Å². The first-order valence-corrected chi connectivity index (χ1v) is 7.25. The van der Waals surface area contributed by atoms with Gasteiger partial charge >= 0.3 is 5.97 Å². The van der Waals surface area contributed by atoms with Crippen LogP contribution in [0.1, 0.15) is 32.3 Å². The SMILES string of the molecule is CC1CCCN(C(C)(Cc2ccc(F)cc2F)C(=O)O)C1. The second kappa shape index (κ2) is 6.10. The average Bonchev–Trinajstić information content (AvgIpc) is 2.41. The predicted molar refractivity (Wildman–Crippen MR) is 76.1 cm³/mol. The van der Waals surface area contributed by atoms with E-state index in [0.717, 1.165) is 18.9 Å². The summed E-state index contributed by atoms with van der Waals surface area (Å²) in [6.07, 6.45) is 2.05. The van der Waals surface area contributed by atoms with E-state index in [0.29, 0.717) is 19.0 Å². The van der Waals surface area contributed by atoms with Gasteiger partial charge in [0, 0.05) is 19.0 Å². The largest absolute Gasteiger partial charge is 0.480 e. The second-order valence-corrected chi connectivity index (χ2v) is 6.18. The molecule has 1 fully saturated rings. The minimum absolute atomic E-state index is 0.0289. The van der Waals surface area contributed by atoms with Crippen molar-refractivity contribution >= 4 is 5.97 Å². The number of piperidine rings is 1. The van der Waals surface area contributed by atoms with Crippen LogP contribution >= 0.6 is 0 Å². The fourth-order valence-corrected chi connectivity index (χ4v) is 3.00. The summed E-state index contributed by atoms with van der Waals surface area (Å²) in [5, 5.41) is 9.64. The van der Waals surface area contributed by atoms with Crippen LogP contribution in [0.25, 0.3) is 0 Å². The number of hydrogen-bond donors (Lipinski definition) is 1. The Bertz CT molecular complexity index is 535. The smallest absolute Gasteiger partial charge is 0.324 e. The Hall–Kier alpha value is -1.49. The van der Waals surface area contributed by atoms with Crippen molar-refractivity contribution in [1.82, 2.24) is 4.90 Å². The first kappa shape index (κ1) is 15.9. The normalized spacial score (nSPS) is 22.8. The van der Waals surface area contributed by atoms with Gasteiger partial charge in [-0.15, -0.1) is 0 Å². The van der Waals surface area contributed by atoms with Crippen LogP contribution in [0, 0.1) is 17.6 Å². The van der Waals surface area contributed by atoms with E-state index in [1.165, 1.54) is 12.1 Å². The van der Waals surface area contributed by atoms with E-state index in [2.05, 4.69) is 6.92 Å². The molecular weight excluding hydrogens is 276 g/mol. The van der Waals surface area contributed by atoms with E-state index >= 15 is 0 Å². The number of rotatable bonds is 4. The van der Waals surface area contributed by atoms with Gasteiger partial charge in [-0.3, -0.25) is 9.69 Å². The molecule has 1 aliphatic rings. The standard InChI is InChI=1S/C16H21F2NO2/c1-11-4-3-7-19(10-11)16(2,15(20)21)9-12-5-6-13(17)8-14(12)18/h5-6,8,11H,3-4,7,9-10H2,1-2H3,(H,20,21). The summed E-state index contributed by atoms with van der Waals surface area (Å²) in [7, 11) is 0. The van der Waals surface area contributed by atoms with Crippen molar-refractivity contribution in [2.75, 3.05) is 13.1 Å². The van der Waals surface area contributed by atoms with E-state index in [9.17, 15) is 18.7 Å². The molecule has 2 unspecified atom stereocenters. The van der Waals surface area contributed by atoms with E-state index in [1.54, 1.807) is 6.92 Å². The molecule has 2 atom stereocenters. The van der Waals surface area contributed by atoms with Gasteiger partial charge in [0.05, 0.1) is 0 Å². The van der Waals surface area contributed by atoms with E-state index < -0.39 is 23.1 Å². The predicted octanol–water partition coefficient (Wildman–Crippen LogP) is 3.08. The summed E-state index contributed by atoms with van der Waals surface area (Å²) in [6.45, 7) is 5.09. The number of likely N-dealkylation sites (tertiary alicyclic amines) is 1. The summed E-state index contributed by atoms with van der Waals surface area (Å²) >= 11 is 0. The maximum absolute atomic E-state index is 13.8. The second-order valence-electron chi connectivity index (χ2n) is 6.18. The van der Waals surface area contributed by atoms with Crippen LogP contribution in [-0.4, -0.2) is 34.6 Å². The highest BCUT2D eigenvalue weighted by Gasteiger charge is 2.41. The Morgan fingerprint density at radius 1 is 1.48 bits per heavy atom. The van der Waals surface area contributed by atoms with Crippen molar-refractivity contribution in [3.8, 4) is 0 Å². The molecule has 0 radical (unpaired) electrons. The average molecular weight is 297 g/mol. The summed E-state index contributed by atoms with van der Waals surface area (Å²) in [4.78, 5) is 13.7. The van der Waals surface area contributed by atoms with Crippen LogP contribution < -0.4 is 0 Å². The van der Waals surface area contributed by atoms with Crippen LogP contribution in [0.4, 0.5) is 8.78 Å². The van der Waals surface area contributed by atoms with Crippen LogP contribution in [0.5, 0.6) is 0 Å². The highest BCUT2D eigenvalue weighted by molar-refractivity contribution is 5.78. The van der Waals surface area contributed by atoms with Crippen LogP contribution in [0.15, 0.2) is 18.2 Å². The van der Waals surface area contributed by atoms with E-state index in [4.69, 9.17) is 0 Å². The molecule has 0 amide bonds. The lowest BCUT2D eigenvalue weighted by Crippen LogP contribution is -2.57. The van der Waals surface area contributed by atoms with Gasteiger partial charge in [0.2, 0.25) is 0 Å². The number of carbonyl (C=O) groups is 1. The van der Waals surface area contributed by atoms with Gasteiger partial charge in [-0.1, -0.05) is 13.0 Å². The fraction of sp³-hybridized carbons (Fsp3) is 0.562. The molecule has 1 saturated heterocycles. The number of aliphatic carboxylic acids is 1. The zero-order valence-corrected chi connectivity index (χ0v) is 12.4. The Morgan fingerprint density at radius 2 is 2.19 bits per heavy atom. The van der Waals surface area contributed by atoms with Gasteiger partial charge in [-0.25, -0.2) is 8.78 Å². The molecule has 1 heterocycles. The third kappa shape index (κ3) is 3.40. The zero-order valence-electron chi connectivity index (χ0n) is 12.4. The summed E-state index contributed by atoms with van der Waals surface area (Å²) in [5.74, 6) is -1.89. The molecule has 1 aromatic carbocycles. The maximum Gasteiger partial charge on any atom is 0.324 e. The molecule has 1 aromatic rings. The zero-order chi connectivity index (χ0) is 15.6. The topological polar surface area (TPSA) is 40.5 Å². The lowest BCUT2D eigenvalue weighted by molar-refractivity contribution is -0.151. The number of halogens is 2. The maximum atomic E-state index is 13.8. The molecule has 1 aliphatic heterocycles. The lowest BCUT2D eigenvalue weighted by atomic mass is 9.87. The Morgan fingerprint density at radius 3 is 2.76 bits per heavy atom. The van der Waals surface area contributed by atoms with Crippen LogP contribution in [-0.2, 0) is 11.2 Å². The summed E-state index contributed by atoms with van der Waals surface area (Å²) in [6, 6.07) is 3.30. The lowest BCUT2D eigenvalue weighted by Gasteiger charge is -2.42. The molecule has 0 aliphatic carbocycles. The number of hydrogen-bond acceptors (Lipinski definition) is 2. The van der Waals surface area contributed by atoms with E-state index in [1.807, 2.05) is 4.90 Å². The highest BCUT2D eigenvalue weighted by Crippen LogP contribution is 2.28. The summed E-state index contributed by atoms with van der Waals surface area (Å²) in [5.41, 5.74) is -0.938. The molecule has 0 bridgehead atoms. The molecule has 5 heteroatoms. The third-order valence-electron chi connectivity index (χ3n) is 4.37. The van der Waals surface area contributed by atoms with E-state index in [-0.39, 0.29) is 12.0 Å². The van der Waals surface area contributed by atoms with Crippen molar-refractivity contribution in [1.29, 1.82) is 0 Å². The molecule has 2 rings (SSSR count). The minimum atomic E-state index is -1.17. The molecule has 116 valence electrons. The van der Waals surface area contributed by atoms with Crippen molar-refractivity contribution in [3.05, 3.63) is 35.4 Å². The monoisotopic (exact) mass is 297 g/mol. The minimum Gasteiger partial charge on any atom is -0.480 e. The van der Waals surface area contributed by atoms with Crippen LogP contribution in [0.3, 0.4) is 0 Å². The first-order chi connectivity index (χ1) is 9.83. The third-order valence-corrected chi connectivity index (χ3v) is 4.37. The molecule has 0 saturated carbocycles. The molecule has 1 N–H and O–H groups in total. The van der Waals surface area contributed by atoms with Gasteiger partial charge in [0.25, 0.3) is 0 Å². The van der Waals surface area contributed by atoms with Gasteiger partial charge in [-0.2, -0.15) is 0 Å². The number of carboxylic acid groups (broad SMARTS) is 1. The van der Waals surface area contributed by atoms with Crippen molar-refractivity contribution in [2.24, 2.45) is 5.92 Å².